The molecule has 5 rings (SSSR count). The number of nitrogen functional groups attached to an aromatic ring is 1. The fourth-order valence-electron chi connectivity index (χ4n) is 3.36. The Hall–Kier alpha value is -3.89. The summed E-state index contributed by atoms with van der Waals surface area (Å²) in [5.41, 5.74) is 8.66. The molecule has 1 aliphatic rings. The molecule has 0 amide bonds. The Morgan fingerprint density at radius 3 is 2.78 bits per heavy atom. The van der Waals surface area contributed by atoms with Crippen LogP contribution >= 0.6 is 0 Å². The van der Waals surface area contributed by atoms with Crippen LogP contribution in [0.15, 0.2) is 34.2 Å². The average Bonchev–Trinajstić information content (AvgIpc) is 3.32. The summed E-state index contributed by atoms with van der Waals surface area (Å²) < 4.78 is 3.26. The van der Waals surface area contributed by atoms with E-state index in [4.69, 9.17) is 10.7 Å². The maximum absolute atomic E-state index is 12.0. The number of nitrogens with one attached hydrogen (secondary N) is 2. The van der Waals surface area contributed by atoms with Gasteiger partial charge in [0.2, 0.25) is 0 Å². The fraction of sp³-hybridized carbons (Fsp3) is 0.188. The second-order valence-corrected chi connectivity index (χ2v) is 6.46. The Balaban J connectivity index is 1.62. The van der Waals surface area contributed by atoms with Gasteiger partial charge in [-0.05, 0) is 0 Å². The summed E-state index contributed by atoms with van der Waals surface area (Å²) in [5.74, 6) is 1.02. The second-order valence-electron chi connectivity index (χ2n) is 6.46. The van der Waals surface area contributed by atoms with Crippen LogP contribution in [0.5, 0.6) is 0 Å². The number of hydrogen-bond acceptors (Lipinski definition) is 7. The van der Waals surface area contributed by atoms with E-state index >= 15 is 0 Å². The molecule has 5 heterocycles. The van der Waals surface area contributed by atoms with Gasteiger partial charge < -0.3 is 15.6 Å². The fourth-order valence-corrected chi connectivity index (χ4v) is 3.36. The van der Waals surface area contributed by atoms with Gasteiger partial charge in [0.05, 0.1) is 31.0 Å². The van der Waals surface area contributed by atoms with Crippen LogP contribution in [0.1, 0.15) is 11.3 Å². The standard InChI is InChI=1S/C16H15N9O2/c1-23-5-8(3-18-23)9-4-19-25-12(17)2-13(21-14(9)25)24-6-10-11(7-24)20-16(27)22-15(10)26/h2-5H,6-7,17H2,1H3,(H2,20,22,26,27). The number of rotatable bonds is 2. The lowest BCUT2D eigenvalue weighted by atomic mass is 10.2. The van der Waals surface area contributed by atoms with Crippen molar-refractivity contribution >= 4 is 17.3 Å². The molecule has 0 radical (unpaired) electrons. The van der Waals surface area contributed by atoms with Gasteiger partial charge in [0, 0.05) is 36.1 Å². The highest BCUT2D eigenvalue weighted by Gasteiger charge is 2.25. The third kappa shape index (κ3) is 2.32. The number of hydrogen-bond donors (Lipinski definition) is 3. The molecule has 11 heteroatoms. The zero-order chi connectivity index (χ0) is 18.7. The van der Waals surface area contributed by atoms with E-state index in [1.54, 1.807) is 27.7 Å². The predicted molar refractivity (Wildman–Crippen MR) is 97.2 cm³/mol. The second kappa shape index (κ2) is 5.30. The molecule has 4 aromatic heterocycles. The van der Waals surface area contributed by atoms with Gasteiger partial charge in [-0.3, -0.25) is 14.5 Å². The molecule has 0 saturated carbocycles. The molecule has 0 bridgehead atoms. The van der Waals surface area contributed by atoms with Crippen molar-refractivity contribution < 1.29 is 0 Å². The van der Waals surface area contributed by atoms with Crippen LogP contribution in [-0.4, -0.2) is 34.3 Å². The van der Waals surface area contributed by atoms with E-state index < -0.39 is 5.69 Å². The van der Waals surface area contributed by atoms with Crippen molar-refractivity contribution in [2.45, 2.75) is 13.1 Å². The van der Waals surface area contributed by atoms with Crippen LogP contribution in [0.2, 0.25) is 0 Å². The smallest absolute Gasteiger partial charge is 0.325 e. The highest BCUT2D eigenvalue weighted by Crippen LogP contribution is 2.29. The molecule has 0 fully saturated rings. The lowest BCUT2D eigenvalue weighted by Crippen LogP contribution is -2.25. The van der Waals surface area contributed by atoms with Crippen LogP contribution in [0, 0.1) is 0 Å². The molecule has 4 aromatic rings. The normalized spacial score (nSPS) is 13.4. The summed E-state index contributed by atoms with van der Waals surface area (Å²) in [6.45, 7) is 0.702. The van der Waals surface area contributed by atoms with E-state index in [-0.39, 0.29) is 5.56 Å². The Bertz CT molecular complexity index is 1310. The molecular weight excluding hydrogens is 350 g/mol. The SMILES string of the molecule is Cn1cc(-c2cnn3c(N)cc(N4Cc5[nH]c(=O)[nH]c(=O)c5C4)nc23)cn1. The Morgan fingerprint density at radius 1 is 1.15 bits per heavy atom. The summed E-state index contributed by atoms with van der Waals surface area (Å²) in [6, 6.07) is 1.70. The minimum absolute atomic E-state index is 0.334. The number of aryl methyl sites for hydroxylation is 1. The zero-order valence-corrected chi connectivity index (χ0v) is 14.3. The van der Waals surface area contributed by atoms with Crippen molar-refractivity contribution in [1.82, 2.24) is 34.3 Å². The van der Waals surface area contributed by atoms with E-state index in [1.807, 2.05) is 18.1 Å². The zero-order valence-electron chi connectivity index (χ0n) is 14.3. The van der Waals surface area contributed by atoms with Crippen LogP contribution in [0.4, 0.5) is 11.6 Å². The van der Waals surface area contributed by atoms with Gasteiger partial charge in [-0.25, -0.2) is 9.78 Å². The Labute approximate surface area is 151 Å². The number of H-pyrrole nitrogens is 2. The largest absolute Gasteiger partial charge is 0.383 e. The number of nitrogens with two attached hydrogens (primary N) is 1. The highest BCUT2D eigenvalue weighted by molar-refractivity contribution is 5.78. The quantitative estimate of drug-likeness (QED) is 0.439. The highest BCUT2D eigenvalue weighted by atomic mass is 16.2. The van der Waals surface area contributed by atoms with E-state index in [0.717, 1.165) is 11.1 Å². The minimum Gasteiger partial charge on any atom is -0.383 e. The van der Waals surface area contributed by atoms with Gasteiger partial charge in [-0.15, -0.1) is 0 Å². The molecule has 136 valence electrons. The number of aromatic nitrogens is 7. The van der Waals surface area contributed by atoms with Crippen LogP contribution in [-0.2, 0) is 20.1 Å². The Kier molecular flexibility index (Phi) is 3.02. The van der Waals surface area contributed by atoms with E-state index in [2.05, 4.69) is 20.2 Å². The lowest BCUT2D eigenvalue weighted by Gasteiger charge is -2.17. The molecule has 27 heavy (non-hydrogen) atoms. The number of nitrogens with zero attached hydrogens (tertiary/aromatic N) is 6. The third-order valence-corrected chi connectivity index (χ3v) is 4.65. The first-order valence-electron chi connectivity index (χ1n) is 8.22. The topological polar surface area (TPSA) is 143 Å². The van der Waals surface area contributed by atoms with E-state index in [9.17, 15) is 9.59 Å². The molecule has 0 unspecified atom stereocenters. The first kappa shape index (κ1) is 15.4. The molecule has 0 aliphatic carbocycles. The molecular formula is C16H15N9O2. The van der Waals surface area contributed by atoms with Crippen LogP contribution in [0.25, 0.3) is 16.8 Å². The molecule has 0 aromatic carbocycles. The number of fused-ring (bicyclic) bond motifs is 2. The number of aromatic amines is 2. The summed E-state index contributed by atoms with van der Waals surface area (Å²) >= 11 is 0. The summed E-state index contributed by atoms with van der Waals surface area (Å²) in [7, 11) is 1.84. The molecule has 0 atom stereocenters. The van der Waals surface area contributed by atoms with Gasteiger partial charge in [-0.1, -0.05) is 0 Å². The molecule has 0 saturated heterocycles. The summed E-state index contributed by atoms with van der Waals surface area (Å²) in [5, 5.41) is 8.49. The van der Waals surface area contributed by atoms with Crippen molar-refractivity contribution in [3.63, 3.8) is 0 Å². The summed E-state index contributed by atoms with van der Waals surface area (Å²) in [6.07, 6.45) is 5.30. The maximum atomic E-state index is 12.0. The third-order valence-electron chi connectivity index (χ3n) is 4.65. The van der Waals surface area contributed by atoms with Crippen molar-refractivity contribution in [1.29, 1.82) is 0 Å². The lowest BCUT2D eigenvalue weighted by molar-refractivity contribution is 0.768. The molecule has 1 aliphatic heterocycles. The number of anilines is 2. The van der Waals surface area contributed by atoms with Gasteiger partial charge in [0.15, 0.2) is 5.65 Å². The average molecular weight is 365 g/mol. The van der Waals surface area contributed by atoms with Gasteiger partial charge in [0.25, 0.3) is 5.56 Å². The van der Waals surface area contributed by atoms with Crippen molar-refractivity contribution in [2.24, 2.45) is 7.05 Å². The first-order chi connectivity index (χ1) is 13.0. The molecule has 0 spiro atoms. The van der Waals surface area contributed by atoms with E-state index in [0.29, 0.717) is 41.6 Å². The van der Waals surface area contributed by atoms with Gasteiger partial charge in [0.1, 0.15) is 11.6 Å². The Morgan fingerprint density at radius 2 is 2.00 bits per heavy atom. The molecule has 4 N–H and O–H groups in total. The monoisotopic (exact) mass is 365 g/mol. The van der Waals surface area contributed by atoms with Crippen molar-refractivity contribution in [2.75, 3.05) is 10.6 Å². The van der Waals surface area contributed by atoms with Crippen LogP contribution < -0.4 is 21.9 Å². The van der Waals surface area contributed by atoms with Crippen LogP contribution in [0.3, 0.4) is 0 Å². The minimum atomic E-state index is -0.516. The molecule has 11 nitrogen and oxygen atoms in total. The van der Waals surface area contributed by atoms with Crippen molar-refractivity contribution in [3.05, 3.63) is 56.8 Å². The van der Waals surface area contributed by atoms with E-state index in [1.165, 1.54) is 0 Å². The van der Waals surface area contributed by atoms with Crippen molar-refractivity contribution in [3.8, 4) is 11.1 Å². The van der Waals surface area contributed by atoms with Gasteiger partial charge in [-0.2, -0.15) is 14.7 Å². The predicted octanol–water partition coefficient (Wildman–Crippen LogP) is -0.391. The first-order valence-corrected chi connectivity index (χ1v) is 8.22. The summed E-state index contributed by atoms with van der Waals surface area (Å²) in [4.78, 5) is 35.0. The van der Waals surface area contributed by atoms with Gasteiger partial charge >= 0.3 is 5.69 Å². The maximum Gasteiger partial charge on any atom is 0.325 e.